The molecule has 18 heavy (non-hydrogen) atoms. The van der Waals surface area contributed by atoms with Gasteiger partial charge >= 0.3 is 0 Å². The lowest BCUT2D eigenvalue weighted by molar-refractivity contribution is 0.768. The van der Waals surface area contributed by atoms with Crippen molar-refractivity contribution in [3.05, 3.63) is 52.1 Å². The predicted octanol–water partition coefficient (Wildman–Crippen LogP) is 2.65. The van der Waals surface area contributed by atoms with Gasteiger partial charge in [0.15, 0.2) is 0 Å². The number of nitrogens with one attached hydrogen (secondary N) is 2. The fourth-order valence-corrected chi connectivity index (χ4v) is 2.21. The molecule has 0 radical (unpaired) electrons. The third kappa shape index (κ3) is 2.79. The summed E-state index contributed by atoms with van der Waals surface area (Å²) in [4.78, 5) is 7.96. The first-order valence-corrected chi connectivity index (χ1v) is 6.35. The Kier molecular flexibility index (Phi) is 3.82. The highest BCUT2D eigenvalue weighted by Crippen LogP contribution is 2.16. The summed E-state index contributed by atoms with van der Waals surface area (Å²) in [5.41, 5.74) is 6.32. The maximum atomic E-state index is 4.64. The second kappa shape index (κ2) is 5.36. The summed E-state index contributed by atoms with van der Waals surface area (Å²) >= 11 is 0. The zero-order valence-electron chi connectivity index (χ0n) is 11.6. The van der Waals surface area contributed by atoms with E-state index in [-0.39, 0.29) is 0 Å². The Morgan fingerprint density at radius 2 is 2.00 bits per heavy atom. The molecule has 0 unspecified atom stereocenters. The van der Waals surface area contributed by atoms with Crippen molar-refractivity contribution in [2.75, 3.05) is 7.05 Å². The van der Waals surface area contributed by atoms with E-state index in [1.165, 1.54) is 22.4 Å². The molecule has 0 aliphatic rings. The minimum absolute atomic E-state index is 0.785. The molecule has 0 saturated heterocycles. The van der Waals surface area contributed by atoms with Gasteiger partial charge in [0.25, 0.3) is 0 Å². The van der Waals surface area contributed by atoms with Crippen molar-refractivity contribution in [1.82, 2.24) is 15.3 Å². The molecule has 3 heteroatoms. The molecular formula is C15H21N3. The second-order valence-electron chi connectivity index (χ2n) is 4.89. The maximum absolute atomic E-state index is 4.64. The normalized spacial score (nSPS) is 10.9. The number of aromatic nitrogens is 2. The number of benzene rings is 1. The van der Waals surface area contributed by atoms with Crippen molar-refractivity contribution < 1.29 is 0 Å². The molecule has 1 aromatic heterocycles. The van der Waals surface area contributed by atoms with Crippen molar-refractivity contribution in [3.63, 3.8) is 0 Å². The van der Waals surface area contributed by atoms with Crippen molar-refractivity contribution in [2.45, 2.75) is 33.7 Å². The number of rotatable bonds is 4. The first-order valence-electron chi connectivity index (χ1n) is 6.35. The summed E-state index contributed by atoms with van der Waals surface area (Å²) in [7, 11) is 1.93. The van der Waals surface area contributed by atoms with Gasteiger partial charge in [0.2, 0.25) is 0 Å². The molecule has 0 aliphatic carbocycles. The number of hydrogen-bond donors (Lipinski definition) is 2. The minimum Gasteiger partial charge on any atom is -0.345 e. The largest absolute Gasteiger partial charge is 0.345 e. The van der Waals surface area contributed by atoms with Crippen molar-refractivity contribution in [3.8, 4) is 0 Å². The van der Waals surface area contributed by atoms with Crippen LogP contribution < -0.4 is 5.32 Å². The molecule has 0 bridgehead atoms. The van der Waals surface area contributed by atoms with Crippen LogP contribution in [0.4, 0.5) is 0 Å². The fraction of sp³-hybridized carbons (Fsp3) is 0.400. The zero-order valence-corrected chi connectivity index (χ0v) is 11.6. The van der Waals surface area contributed by atoms with E-state index in [9.17, 15) is 0 Å². The Hall–Kier alpha value is -1.61. The summed E-state index contributed by atoms with van der Waals surface area (Å²) in [5, 5.41) is 3.11. The Labute approximate surface area is 109 Å². The van der Waals surface area contributed by atoms with Crippen LogP contribution in [0.2, 0.25) is 0 Å². The lowest BCUT2D eigenvalue weighted by Gasteiger charge is -2.05. The summed E-state index contributed by atoms with van der Waals surface area (Å²) < 4.78 is 0. The van der Waals surface area contributed by atoms with E-state index < -0.39 is 0 Å². The van der Waals surface area contributed by atoms with E-state index in [0.29, 0.717) is 0 Å². The maximum Gasteiger partial charge on any atom is 0.120 e. The smallest absolute Gasteiger partial charge is 0.120 e. The molecule has 1 aromatic carbocycles. The molecule has 2 N–H and O–H groups in total. The molecule has 1 heterocycles. The van der Waals surface area contributed by atoms with E-state index in [1.54, 1.807) is 0 Å². The van der Waals surface area contributed by atoms with E-state index in [1.807, 2.05) is 7.05 Å². The first-order chi connectivity index (χ1) is 8.60. The van der Waals surface area contributed by atoms with Crippen molar-refractivity contribution in [2.24, 2.45) is 0 Å². The monoisotopic (exact) mass is 243 g/mol. The third-order valence-corrected chi connectivity index (χ3v) is 3.23. The van der Waals surface area contributed by atoms with E-state index in [2.05, 4.69) is 54.3 Å². The Bertz CT molecular complexity index is 541. The van der Waals surface area contributed by atoms with Crippen LogP contribution in [0.15, 0.2) is 18.2 Å². The number of imidazole rings is 1. The zero-order chi connectivity index (χ0) is 13.1. The Balaban J connectivity index is 2.22. The lowest BCUT2D eigenvalue weighted by Crippen LogP contribution is -2.06. The standard InChI is InChI=1S/C15H21N3/c1-10-5-6-13(11(2)7-10)8-14-12(3)17-15(18-14)9-16-4/h5-7,16H,8-9H2,1-4H3,(H,17,18). The van der Waals surface area contributed by atoms with E-state index in [4.69, 9.17) is 0 Å². The van der Waals surface area contributed by atoms with Crippen LogP contribution in [-0.2, 0) is 13.0 Å². The number of hydrogen-bond acceptors (Lipinski definition) is 2. The fourth-order valence-electron chi connectivity index (χ4n) is 2.21. The quantitative estimate of drug-likeness (QED) is 0.866. The highest BCUT2D eigenvalue weighted by molar-refractivity contribution is 5.34. The highest BCUT2D eigenvalue weighted by Gasteiger charge is 2.08. The van der Waals surface area contributed by atoms with Gasteiger partial charge in [-0.1, -0.05) is 23.8 Å². The van der Waals surface area contributed by atoms with Crippen LogP contribution in [-0.4, -0.2) is 17.0 Å². The number of H-pyrrole nitrogens is 1. The minimum atomic E-state index is 0.785. The molecular weight excluding hydrogens is 222 g/mol. The van der Waals surface area contributed by atoms with Gasteiger partial charge in [0.05, 0.1) is 12.2 Å². The number of aryl methyl sites for hydroxylation is 3. The van der Waals surface area contributed by atoms with Gasteiger partial charge in [-0.25, -0.2) is 4.98 Å². The highest BCUT2D eigenvalue weighted by atomic mass is 15.0. The van der Waals surface area contributed by atoms with Crippen molar-refractivity contribution >= 4 is 0 Å². The molecule has 0 atom stereocenters. The van der Waals surface area contributed by atoms with Crippen LogP contribution in [0.5, 0.6) is 0 Å². The average Bonchev–Trinajstić information content (AvgIpc) is 2.64. The molecule has 2 rings (SSSR count). The Morgan fingerprint density at radius 1 is 1.22 bits per heavy atom. The third-order valence-electron chi connectivity index (χ3n) is 3.23. The molecule has 0 saturated carbocycles. The topological polar surface area (TPSA) is 40.7 Å². The summed E-state index contributed by atoms with van der Waals surface area (Å²) in [5.74, 6) is 1.01. The molecule has 96 valence electrons. The summed E-state index contributed by atoms with van der Waals surface area (Å²) in [6.07, 6.45) is 0.901. The number of nitrogens with zero attached hydrogens (tertiary/aromatic N) is 1. The molecule has 2 aromatic rings. The second-order valence-corrected chi connectivity index (χ2v) is 4.89. The molecule has 0 amide bonds. The van der Waals surface area contributed by atoms with Crippen LogP contribution in [0.25, 0.3) is 0 Å². The van der Waals surface area contributed by atoms with Gasteiger partial charge in [0.1, 0.15) is 5.82 Å². The van der Waals surface area contributed by atoms with E-state index in [0.717, 1.165) is 24.5 Å². The van der Waals surface area contributed by atoms with Gasteiger partial charge in [0, 0.05) is 12.1 Å². The molecule has 0 fully saturated rings. The van der Waals surface area contributed by atoms with Crippen LogP contribution in [0.3, 0.4) is 0 Å². The van der Waals surface area contributed by atoms with E-state index >= 15 is 0 Å². The van der Waals surface area contributed by atoms with Crippen LogP contribution >= 0.6 is 0 Å². The molecule has 0 spiro atoms. The Morgan fingerprint density at radius 3 is 2.67 bits per heavy atom. The van der Waals surface area contributed by atoms with Crippen LogP contribution in [0, 0.1) is 20.8 Å². The first kappa shape index (κ1) is 12.8. The van der Waals surface area contributed by atoms with Gasteiger partial charge in [-0.15, -0.1) is 0 Å². The lowest BCUT2D eigenvalue weighted by atomic mass is 10.0. The van der Waals surface area contributed by atoms with Gasteiger partial charge < -0.3 is 10.3 Å². The van der Waals surface area contributed by atoms with Gasteiger partial charge in [-0.3, -0.25) is 0 Å². The summed E-state index contributed by atoms with van der Waals surface area (Å²) in [6, 6.07) is 6.60. The SMILES string of the molecule is CNCc1nc(Cc2ccc(C)cc2C)c(C)[nH]1. The predicted molar refractivity (Wildman–Crippen MR) is 74.8 cm³/mol. The van der Waals surface area contributed by atoms with Crippen LogP contribution in [0.1, 0.15) is 33.9 Å². The average molecular weight is 243 g/mol. The molecule has 3 nitrogen and oxygen atoms in total. The number of aromatic amines is 1. The summed E-state index contributed by atoms with van der Waals surface area (Å²) in [6.45, 7) is 7.17. The van der Waals surface area contributed by atoms with Crippen molar-refractivity contribution in [1.29, 1.82) is 0 Å². The van der Waals surface area contributed by atoms with Gasteiger partial charge in [-0.2, -0.15) is 0 Å². The molecule has 0 aliphatic heterocycles. The van der Waals surface area contributed by atoms with Gasteiger partial charge in [-0.05, 0) is 38.9 Å².